The van der Waals surface area contributed by atoms with E-state index in [1.54, 1.807) is 0 Å². The second kappa shape index (κ2) is 9.89. The van der Waals surface area contributed by atoms with E-state index in [-0.39, 0.29) is 18.3 Å². The first kappa shape index (κ1) is 24.0. The molecule has 3 N–H and O–H groups in total. The number of aromatic nitrogens is 3. The molecule has 3 aliphatic rings. The highest BCUT2D eigenvalue weighted by molar-refractivity contribution is 5.82. The molecule has 2 aromatic heterocycles. The zero-order chi connectivity index (χ0) is 26.3. The number of anilines is 1. The van der Waals surface area contributed by atoms with Gasteiger partial charge in [0, 0.05) is 60.5 Å². The number of amides is 2. The van der Waals surface area contributed by atoms with Gasteiger partial charge in [-0.15, -0.1) is 0 Å². The molecule has 9 heteroatoms. The Bertz CT molecular complexity index is 1530. The highest BCUT2D eigenvalue weighted by Crippen LogP contribution is 2.37. The van der Waals surface area contributed by atoms with Gasteiger partial charge in [-0.25, -0.2) is 4.79 Å². The van der Waals surface area contributed by atoms with Crippen LogP contribution >= 0.6 is 0 Å². The molecule has 0 spiro atoms. The number of benzene rings is 2. The van der Waals surface area contributed by atoms with Crippen LogP contribution in [0.15, 0.2) is 54.7 Å². The number of nitrogens with one attached hydrogen (secondary N) is 3. The van der Waals surface area contributed by atoms with Gasteiger partial charge in [-0.1, -0.05) is 18.2 Å². The van der Waals surface area contributed by atoms with E-state index >= 15 is 0 Å². The van der Waals surface area contributed by atoms with Crippen LogP contribution in [-0.2, 0) is 19.5 Å². The van der Waals surface area contributed by atoms with Gasteiger partial charge >= 0.3 is 6.03 Å². The van der Waals surface area contributed by atoms with Gasteiger partial charge in [0.2, 0.25) is 0 Å². The van der Waals surface area contributed by atoms with Gasteiger partial charge in [0.05, 0.1) is 23.4 Å². The summed E-state index contributed by atoms with van der Waals surface area (Å²) in [5.74, 6) is 0.857. The Hall–Kier alpha value is -4.11. The van der Waals surface area contributed by atoms with Gasteiger partial charge in [0.1, 0.15) is 5.75 Å². The van der Waals surface area contributed by atoms with Crippen molar-refractivity contribution in [1.29, 1.82) is 0 Å². The van der Waals surface area contributed by atoms with Crippen molar-refractivity contribution in [1.82, 2.24) is 30.3 Å². The smallest absolute Gasteiger partial charge is 0.317 e. The predicted octanol–water partition coefficient (Wildman–Crippen LogP) is 4.51. The first-order chi connectivity index (χ1) is 19.1. The van der Waals surface area contributed by atoms with Gasteiger partial charge in [0.25, 0.3) is 0 Å². The highest BCUT2D eigenvalue weighted by atomic mass is 16.5. The predicted molar refractivity (Wildman–Crippen MR) is 150 cm³/mol. The summed E-state index contributed by atoms with van der Waals surface area (Å²) in [6.45, 7) is 5.95. The number of ether oxygens (including phenoxy) is 1. The number of piperidine rings is 1. The lowest BCUT2D eigenvalue weighted by Crippen LogP contribution is -2.52. The first-order valence-corrected chi connectivity index (χ1v) is 13.8. The lowest BCUT2D eigenvalue weighted by Gasteiger charge is -2.35. The fraction of sp³-hybridized carbons (Fsp3) is 0.367. The molecule has 0 radical (unpaired) electrons. The molecule has 1 saturated heterocycles. The third kappa shape index (κ3) is 4.67. The number of hydrogen-bond acceptors (Lipinski definition) is 6. The molecule has 0 saturated carbocycles. The molecular weight excluding hydrogens is 490 g/mol. The minimum Gasteiger partial charge on any atom is -0.469 e. The van der Waals surface area contributed by atoms with E-state index < -0.39 is 0 Å². The van der Waals surface area contributed by atoms with Crippen molar-refractivity contribution >= 4 is 22.6 Å². The van der Waals surface area contributed by atoms with Gasteiger partial charge in [0.15, 0.2) is 6.23 Å². The number of pyridine rings is 1. The van der Waals surface area contributed by atoms with Gasteiger partial charge < -0.3 is 20.3 Å². The van der Waals surface area contributed by atoms with Crippen LogP contribution in [0.5, 0.6) is 5.75 Å². The van der Waals surface area contributed by atoms with Crippen LogP contribution in [0.25, 0.3) is 22.2 Å². The van der Waals surface area contributed by atoms with Crippen LogP contribution in [0, 0.1) is 0 Å². The molecule has 200 valence electrons. The summed E-state index contributed by atoms with van der Waals surface area (Å²) in [5.41, 5.74) is 7.41. The molecule has 1 fully saturated rings. The third-order valence-corrected chi connectivity index (χ3v) is 8.10. The molecule has 9 nitrogen and oxygen atoms in total. The van der Waals surface area contributed by atoms with Crippen molar-refractivity contribution in [3.63, 3.8) is 0 Å². The fourth-order valence-corrected chi connectivity index (χ4v) is 6.17. The Morgan fingerprint density at radius 3 is 3.08 bits per heavy atom. The monoisotopic (exact) mass is 523 g/mol. The molecule has 3 aliphatic heterocycles. The van der Waals surface area contributed by atoms with Crippen LogP contribution < -0.4 is 15.4 Å². The molecular formula is C30H33N7O2. The second-order valence-corrected chi connectivity index (χ2v) is 10.8. The number of fused-ring (bicyclic) bond motifs is 3. The van der Waals surface area contributed by atoms with E-state index in [0.717, 1.165) is 78.4 Å². The number of rotatable bonds is 4. The van der Waals surface area contributed by atoms with Crippen LogP contribution in [0.2, 0.25) is 0 Å². The van der Waals surface area contributed by atoms with Gasteiger partial charge in [-0.2, -0.15) is 5.10 Å². The topological polar surface area (TPSA) is 98.4 Å². The van der Waals surface area contributed by atoms with Crippen molar-refractivity contribution < 1.29 is 9.53 Å². The normalized spacial score (nSPS) is 20.7. The zero-order valence-corrected chi connectivity index (χ0v) is 22.1. The number of urea groups is 1. The number of carbonyl (C=O) groups excluding carboxylic acids is 1. The number of H-pyrrole nitrogens is 1. The number of nitrogens with zero attached hydrogens (tertiary/aromatic N) is 4. The summed E-state index contributed by atoms with van der Waals surface area (Å²) in [4.78, 5) is 22.3. The van der Waals surface area contributed by atoms with E-state index in [1.807, 2.05) is 36.2 Å². The van der Waals surface area contributed by atoms with E-state index in [9.17, 15) is 4.79 Å². The molecule has 4 aromatic rings. The summed E-state index contributed by atoms with van der Waals surface area (Å²) in [6, 6.07) is 16.7. The first-order valence-electron chi connectivity index (χ1n) is 13.8. The number of aromatic amines is 1. The van der Waals surface area contributed by atoms with Crippen LogP contribution in [0.4, 0.5) is 10.5 Å². The zero-order valence-electron chi connectivity index (χ0n) is 22.1. The number of carbonyl (C=O) groups is 1. The lowest BCUT2D eigenvalue weighted by atomic mass is 10.0. The molecule has 2 aromatic carbocycles. The minimum absolute atomic E-state index is 0.00635. The summed E-state index contributed by atoms with van der Waals surface area (Å²) in [5, 5.41) is 15.7. The summed E-state index contributed by atoms with van der Waals surface area (Å²) >= 11 is 0. The highest BCUT2D eigenvalue weighted by Gasteiger charge is 2.29. The molecule has 5 heterocycles. The van der Waals surface area contributed by atoms with Crippen molar-refractivity contribution in [3.8, 4) is 17.0 Å². The Morgan fingerprint density at radius 1 is 1.18 bits per heavy atom. The third-order valence-electron chi connectivity index (χ3n) is 8.10. The summed E-state index contributed by atoms with van der Waals surface area (Å²) in [6.07, 6.45) is 4.64. The quantitative estimate of drug-likeness (QED) is 0.364. The largest absolute Gasteiger partial charge is 0.469 e. The Labute approximate surface area is 227 Å². The Kier molecular flexibility index (Phi) is 6.08. The van der Waals surface area contributed by atoms with Crippen LogP contribution in [-0.4, -0.2) is 62.9 Å². The van der Waals surface area contributed by atoms with Gasteiger partial charge in [-0.3, -0.25) is 15.0 Å². The second-order valence-electron chi connectivity index (χ2n) is 10.8. The van der Waals surface area contributed by atoms with Crippen molar-refractivity contribution in [3.05, 3.63) is 71.5 Å². The molecule has 1 unspecified atom stereocenters. The Balaban J connectivity index is 1.01. The van der Waals surface area contributed by atoms with Crippen molar-refractivity contribution in [2.75, 3.05) is 25.0 Å². The summed E-state index contributed by atoms with van der Waals surface area (Å²) in [7, 11) is 0. The maximum absolute atomic E-state index is 13.4. The average molecular weight is 524 g/mol. The van der Waals surface area contributed by atoms with Gasteiger partial charge in [-0.05, 0) is 62.2 Å². The average Bonchev–Trinajstić information content (AvgIpc) is 3.55. The number of hydrogen-bond donors (Lipinski definition) is 3. The standard InChI is InChI=1S/C30H33N7O2/c1-19-32-27-15-20(9-10-28(27)39-19)29-24-18-37(14-11-26(24)34-35-29)30(38)33-22-6-4-13-36(17-22)16-21-5-2-8-25-23(21)7-3-12-31-25/h2-3,5,7-10,12,15,19,22,32H,4,6,11,13-14,16-18H2,1H3,(H,33,38)(H,34,35)/t19?,22-/m1/s1. The summed E-state index contributed by atoms with van der Waals surface area (Å²) < 4.78 is 5.77. The maximum Gasteiger partial charge on any atom is 0.317 e. The van der Waals surface area contributed by atoms with E-state index in [0.29, 0.717) is 13.1 Å². The van der Waals surface area contributed by atoms with Crippen molar-refractivity contribution in [2.24, 2.45) is 0 Å². The van der Waals surface area contributed by atoms with E-state index in [1.165, 1.54) is 10.9 Å². The van der Waals surface area contributed by atoms with Crippen LogP contribution in [0.3, 0.4) is 0 Å². The fourth-order valence-electron chi connectivity index (χ4n) is 6.17. The lowest BCUT2D eigenvalue weighted by molar-refractivity contribution is 0.160. The molecule has 2 amide bonds. The van der Waals surface area contributed by atoms with E-state index in [4.69, 9.17) is 4.74 Å². The molecule has 2 atom stereocenters. The molecule has 39 heavy (non-hydrogen) atoms. The van der Waals surface area contributed by atoms with Crippen LogP contribution in [0.1, 0.15) is 36.6 Å². The SMILES string of the molecule is CC1Nc2cc(-c3n[nH]c4c3CN(C(=O)N[C@@H]3CCCN(Cc5cccc6ncccc56)C3)CC4)ccc2O1. The minimum atomic E-state index is -0.0395. The van der Waals surface area contributed by atoms with Crippen molar-refractivity contribution in [2.45, 2.75) is 51.5 Å². The molecule has 0 aliphatic carbocycles. The molecule has 7 rings (SSSR count). The molecule has 0 bridgehead atoms. The van der Waals surface area contributed by atoms with E-state index in [2.05, 4.69) is 61.0 Å². The number of likely N-dealkylation sites (tertiary alicyclic amines) is 1. The maximum atomic E-state index is 13.4. The Morgan fingerprint density at radius 2 is 2.13 bits per heavy atom.